The van der Waals surface area contributed by atoms with E-state index in [1.807, 2.05) is 0 Å². The van der Waals surface area contributed by atoms with Crippen molar-refractivity contribution in [3.05, 3.63) is 16.7 Å². The summed E-state index contributed by atoms with van der Waals surface area (Å²) < 4.78 is 15.6. The molecule has 0 aliphatic carbocycles. The average Bonchev–Trinajstić information content (AvgIpc) is 2.39. The molecule has 0 aliphatic rings. The van der Waals surface area contributed by atoms with E-state index in [1.165, 1.54) is 27.4 Å². The molecule has 0 saturated heterocycles. The smallest absolute Gasteiger partial charge is 0.320 e. The average molecular weight is 290 g/mol. The van der Waals surface area contributed by atoms with E-state index in [0.717, 1.165) is 0 Å². The van der Waals surface area contributed by atoms with Crippen LogP contribution >= 0.6 is 11.6 Å². The molecule has 0 bridgehead atoms. The Kier molecular flexibility index (Phi) is 5.26. The topological polar surface area (TPSA) is 91.0 Å². The number of ether oxygens (including phenoxy) is 3. The highest BCUT2D eigenvalue weighted by molar-refractivity contribution is 6.31. The Hall–Kier alpha value is -1.66. The third kappa shape index (κ3) is 3.21. The molecule has 0 fully saturated rings. The van der Waals surface area contributed by atoms with Crippen molar-refractivity contribution in [2.45, 2.75) is 12.5 Å². The molecule has 0 saturated carbocycles. The van der Waals surface area contributed by atoms with Crippen LogP contribution in [0.15, 0.2) is 6.07 Å². The Morgan fingerprint density at radius 1 is 1.32 bits per heavy atom. The van der Waals surface area contributed by atoms with Crippen molar-refractivity contribution in [2.24, 2.45) is 5.73 Å². The molecule has 0 amide bonds. The molecule has 7 heteroatoms. The van der Waals surface area contributed by atoms with Crippen LogP contribution in [0.3, 0.4) is 0 Å². The number of carboxylic acids is 1. The van der Waals surface area contributed by atoms with Gasteiger partial charge in [-0.25, -0.2) is 0 Å². The molecule has 106 valence electrons. The number of hydrogen-bond acceptors (Lipinski definition) is 5. The zero-order valence-corrected chi connectivity index (χ0v) is 11.7. The summed E-state index contributed by atoms with van der Waals surface area (Å²) in [6, 6.07) is 0.455. The summed E-state index contributed by atoms with van der Waals surface area (Å²) in [5, 5.41) is 9.17. The van der Waals surface area contributed by atoms with Gasteiger partial charge in [-0.2, -0.15) is 0 Å². The molecule has 19 heavy (non-hydrogen) atoms. The minimum atomic E-state index is -1.12. The normalized spacial score (nSPS) is 11.8. The van der Waals surface area contributed by atoms with E-state index in [9.17, 15) is 4.79 Å². The number of halogens is 1. The predicted molar refractivity (Wildman–Crippen MR) is 70.4 cm³/mol. The van der Waals surface area contributed by atoms with Crippen LogP contribution in [0.2, 0.25) is 5.02 Å². The van der Waals surface area contributed by atoms with Crippen LogP contribution in [0.1, 0.15) is 5.56 Å². The lowest BCUT2D eigenvalue weighted by Crippen LogP contribution is -2.32. The number of carboxylic acid groups (broad SMARTS) is 1. The summed E-state index contributed by atoms with van der Waals surface area (Å²) in [5.74, 6) is -0.0459. The van der Waals surface area contributed by atoms with Crippen LogP contribution in [-0.4, -0.2) is 38.4 Å². The number of aliphatic carboxylic acids is 1. The van der Waals surface area contributed by atoms with Gasteiger partial charge in [-0.1, -0.05) is 11.6 Å². The summed E-state index contributed by atoms with van der Waals surface area (Å²) in [6.07, 6.45) is 0.0255. The van der Waals surface area contributed by atoms with E-state index in [0.29, 0.717) is 27.8 Å². The lowest BCUT2D eigenvalue weighted by molar-refractivity contribution is -0.138. The predicted octanol–water partition coefficient (Wildman–Crippen LogP) is 1.32. The fourth-order valence-electron chi connectivity index (χ4n) is 1.68. The molecule has 0 radical (unpaired) electrons. The molecule has 1 aromatic carbocycles. The van der Waals surface area contributed by atoms with Crippen LogP contribution in [0.4, 0.5) is 0 Å². The molecule has 0 aliphatic heterocycles. The summed E-state index contributed by atoms with van der Waals surface area (Å²) in [6.45, 7) is 0. The number of benzene rings is 1. The third-order valence-electron chi connectivity index (χ3n) is 2.62. The van der Waals surface area contributed by atoms with Gasteiger partial charge in [0.2, 0.25) is 5.75 Å². The fourth-order valence-corrected chi connectivity index (χ4v) is 1.95. The first-order valence-corrected chi connectivity index (χ1v) is 5.79. The quantitative estimate of drug-likeness (QED) is 0.821. The maximum Gasteiger partial charge on any atom is 0.320 e. The minimum Gasteiger partial charge on any atom is -0.493 e. The molecule has 0 heterocycles. The molecule has 3 N–H and O–H groups in total. The molecule has 1 aromatic rings. The van der Waals surface area contributed by atoms with Crippen molar-refractivity contribution < 1.29 is 24.1 Å². The molecule has 0 aromatic heterocycles. The zero-order chi connectivity index (χ0) is 14.6. The summed E-state index contributed by atoms with van der Waals surface area (Å²) in [5.41, 5.74) is 5.99. The highest BCUT2D eigenvalue weighted by Crippen LogP contribution is 2.44. The number of hydrogen-bond donors (Lipinski definition) is 2. The fraction of sp³-hybridized carbons (Fsp3) is 0.417. The Balaban J connectivity index is 3.34. The lowest BCUT2D eigenvalue weighted by Gasteiger charge is -2.18. The largest absolute Gasteiger partial charge is 0.493 e. The van der Waals surface area contributed by atoms with Gasteiger partial charge in [0.25, 0.3) is 0 Å². The maximum absolute atomic E-state index is 10.8. The highest BCUT2D eigenvalue weighted by Gasteiger charge is 2.23. The molecular weight excluding hydrogens is 274 g/mol. The van der Waals surface area contributed by atoms with Crippen molar-refractivity contribution in [1.29, 1.82) is 0 Å². The molecular formula is C12H16ClNO5. The van der Waals surface area contributed by atoms with E-state index in [1.54, 1.807) is 0 Å². The second-order valence-corrected chi connectivity index (χ2v) is 4.16. The van der Waals surface area contributed by atoms with Gasteiger partial charge in [0.1, 0.15) is 6.04 Å². The van der Waals surface area contributed by atoms with Crippen LogP contribution in [-0.2, 0) is 11.2 Å². The first-order valence-electron chi connectivity index (χ1n) is 5.41. The molecule has 1 unspecified atom stereocenters. The zero-order valence-electron chi connectivity index (χ0n) is 10.9. The van der Waals surface area contributed by atoms with Gasteiger partial charge in [-0.15, -0.1) is 0 Å². The van der Waals surface area contributed by atoms with E-state index in [4.69, 9.17) is 36.7 Å². The second-order valence-electron chi connectivity index (χ2n) is 3.75. The van der Waals surface area contributed by atoms with Crippen molar-refractivity contribution in [3.8, 4) is 17.2 Å². The van der Waals surface area contributed by atoms with Gasteiger partial charge < -0.3 is 25.1 Å². The first-order chi connectivity index (χ1) is 8.96. The Bertz CT molecular complexity index is 478. The minimum absolute atomic E-state index is 0.0255. The van der Waals surface area contributed by atoms with Crippen molar-refractivity contribution in [1.82, 2.24) is 0 Å². The van der Waals surface area contributed by atoms with E-state index in [-0.39, 0.29) is 6.42 Å². The van der Waals surface area contributed by atoms with Gasteiger partial charge in [-0.3, -0.25) is 4.79 Å². The molecule has 0 spiro atoms. The molecule has 1 atom stereocenters. The summed E-state index contributed by atoms with van der Waals surface area (Å²) in [7, 11) is 4.36. The summed E-state index contributed by atoms with van der Waals surface area (Å²) in [4.78, 5) is 10.8. The van der Waals surface area contributed by atoms with Crippen LogP contribution in [0, 0.1) is 0 Å². The first kappa shape index (κ1) is 15.4. The van der Waals surface area contributed by atoms with Gasteiger partial charge in [0.15, 0.2) is 11.5 Å². The van der Waals surface area contributed by atoms with E-state index < -0.39 is 12.0 Å². The molecule has 6 nitrogen and oxygen atoms in total. The van der Waals surface area contributed by atoms with Gasteiger partial charge in [0.05, 0.1) is 26.4 Å². The van der Waals surface area contributed by atoms with Gasteiger partial charge >= 0.3 is 5.97 Å². The van der Waals surface area contributed by atoms with Crippen LogP contribution in [0.5, 0.6) is 17.2 Å². The monoisotopic (exact) mass is 289 g/mol. The molecule has 1 rings (SSSR count). The highest BCUT2D eigenvalue weighted by atomic mass is 35.5. The Morgan fingerprint density at radius 3 is 2.32 bits per heavy atom. The Labute approximate surface area is 116 Å². The third-order valence-corrected chi connectivity index (χ3v) is 2.96. The number of nitrogens with two attached hydrogens (primary N) is 1. The second kappa shape index (κ2) is 6.49. The number of methoxy groups -OCH3 is 3. The van der Waals surface area contributed by atoms with E-state index in [2.05, 4.69) is 0 Å². The maximum atomic E-state index is 10.8. The van der Waals surface area contributed by atoms with Crippen molar-refractivity contribution >= 4 is 17.6 Å². The number of carbonyl (C=O) groups is 1. The van der Waals surface area contributed by atoms with Gasteiger partial charge in [-0.05, 0) is 0 Å². The Morgan fingerprint density at radius 2 is 1.89 bits per heavy atom. The van der Waals surface area contributed by atoms with E-state index >= 15 is 0 Å². The SMILES string of the molecule is COc1cc(Cl)c(CC(N)C(=O)O)c(OC)c1OC. The van der Waals surface area contributed by atoms with Crippen LogP contribution < -0.4 is 19.9 Å². The van der Waals surface area contributed by atoms with Gasteiger partial charge in [0, 0.05) is 18.1 Å². The standard InChI is InChI=1S/C12H16ClNO5/c1-17-9-5-7(13)6(4-8(14)12(15)16)10(18-2)11(9)19-3/h5,8H,4,14H2,1-3H3,(H,15,16). The van der Waals surface area contributed by atoms with Crippen molar-refractivity contribution in [3.63, 3.8) is 0 Å². The lowest BCUT2D eigenvalue weighted by atomic mass is 10.0. The van der Waals surface area contributed by atoms with Crippen molar-refractivity contribution in [2.75, 3.05) is 21.3 Å². The number of rotatable bonds is 6. The summed E-state index contributed by atoms with van der Waals surface area (Å²) >= 11 is 6.11. The van der Waals surface area contributed by atoms with Crippen LogP contribution in [0.25, 0.3) is 0 Å².